The molecule has 0 aliphatic rings. The van der Waals surface area contributed by atoms with Crippen LogP contribution in [0.3, 0.4) is 0 Å². The summed E-state index contributed by atoms with van der Waals surface area (Å²) < 4.78 is 28.5. The van der Waals surface area contributed by atoms with Gasteiger partial charge in [-0.15, -0.1) is 46.4 Å². The van der Waals surface area contributed by atoms with E-state index in [9.17, 15) is 19.5 Å². The van der Waals surface area contributed by atoms with Crippen molar-refractivity contribution in [3.63, 3.8) is 0 Å². The van der Waals surface area contributed by atoms with Crippen molar-refractivity contribution in [3.05, 3.63) is 27.1 Å². The summed E-state index contributed by atoms with van der Waals surface area (Å²) in [6, 6.07) is 2.77. The zero-order chi connectivity index (χ0) is 24.1. The van der Waals surface area contributed by atoms with Crippen molar-refractivity contribution in [1.29, 1.82) is 0 Å². The maximum atomic E-state index is 14.4. The minimum absolute atomic E-state index is 0.135. The molecule has 15 heteroatoms. The molecule has 0 radical (unpaired) electrons. The van der Waals surface area contributed by atoms with Crippen LogP contribution in [0.15, 0.2) is 12.1 Å². The molecule has 1 atom stereocenters. The van der Waals surface area contributed by atoms with Gasteiger partial charge in [-0.05, 0) is 13.0 Å². The largest absolute Gasteiger partial charge is 0.466 e. The third-order valence-electron chi connectivity index (χ3n) is 4.12. The van der Waals surface area contributed by atoms with E-state index >= 15 is 0 Å². The predicted octanol–water partition coefficient (Wildman–Crippen LogP) is 5.33. The van der Waals surface area contributed by atoms with Crippen LogP contribution in [0.5, 0.6) is 0 Å². The number of alkyl halides is 4. The summed E-state index contributed by atoms with van der Waals surface area (Å²) in [6.07, 6.45) is -1.36. The lowest BCUT2D eigenvalue weighted by atomic mass is 10.2. The van der Waals surface area contributed by atoms with Crippen LogP contribution in [0.4, 0.5) is 5.00 Å². The second-order valence-electron chi connectivity index (χ2n) is 6.19. The van der Waals surface area contributed by atoms with Crippen molar-refractivity contribution in [2.75, 3.05) is 56.3 Å². The first-order valence-corrected chi connectivity index (χ1v) is 14.2. The van der Waals surface area contributed by atoms with Crippen molar-refractivity contribution >= 4 is 76.4 Å². The number of rotatable bonds is 17. The van der Waals surface area contributed by atoms with Crippen LogP contribution in [0.25, 0.3) is 0 Å². The molecule has 1 aromatic rings. The number of thiophene rings is 1. The highest BCUT2D eigenvalue weighted by Gasteiger charge is 2.41. The van der Waals surface area contributed by atoms with E-state index in [-0.39, 0.29) is 67.7 Å². The molecule has 0 aromatic carbocycles. The van der Waals surface area contributed by atoms with Gasteiger partial charge in [0.2, 0.25) is 0 Å². The fourth-order valence-corrected chi connectivity index (χ4v) is 7.54. The molecule has 0 saturated carbocycles. The first-order valence-electron chi connectivity index (χ1n) is 9.70. The zero-order valence-corrected chi connectivity index (χ0v) is 22.2. The summed E-state index contributed by atoms with van der Waals surface area (Å²) in [7, 11) is -3.86. The molecule has 0 fully saturated rings. The smallest absolute Gasteiger partial charge is 0.346 e. The Hall–Kier alpha value is -0.160. The lowest BCUT2D eigenvalue weighted by molar-refractivity contribution is -0.380. The first-order chi connectivity index (χ1) is 15.3. The van der Waals surface area contributed by atoms with Crippen LogP contribution < -0.4 is 0 Å². The quantitative estimate of drug-likeness (QED) is 0.0810. The van der Waals surface area contributed by atoms with Crippen LogP contribution in [-0.2, 0) is 18.6 Å². The molecule has 0 bridgehead atoms. The highest BCUT2D eigenvalue weighted by atomic mass is 35.5. The fraction of sp³-hybridized carbons (Fsp3) is 0.706. The maximum Gasteiger partial charge on any atom is 0.346 e. The minimum atomic E-state index is -3.86. The number of nitro groups is 1. The van der Waals surface area contributed by atoms with Crippen LogP contribution in [0.2, 0.25) is 0 Å². The normalized spacial score (nSPS) is 13.0. The fourth-order valence-electron chi connectivity index (χ4n) is 2.77. The van der Waals surface area contributed by atoms with Gasteiger partial charge in [-0.2, -0.15) is 0 Å². The third-order valence-corrected chi connectivity index (χ3v) is 8.68. The van der Waals surface area contributed by atoms with E-state index < -0.39 is 24.7 Å². The number of hydrogen-bond acceptors (Lipinski definition) is 7. The summed E-state index contributed by atoms with van der Waals surface area (Å²) in [6.45, 7) is 2.53. The molecule has 0 spiro atoms. The van der Waals surface area contributed by atoms with E-state index in [1.54, 1.807) is 6.92 Å². The van der Waals surface area contributed by atoms with Crippen LogP contribution in [-0.4, -0.2) is 76.5 Å². The Kier molecular flexibility index (Phi) is 14.6. The van der Waals surface area contributed by atoms with E-state index in [0.29, 0.717) is 4.88 Å². The van der Waals surface area contributed by atoms with E-state index in [1.807, 2.05) is 0 Å². The molecular formula is C17H26Cl4N3O6PS. The highest BCUT2D eigenvalue weighted by Crippen LogP contribution is 2.58. The van der Waals surface area contributed by atoms with Gasteiger partial charge in [-0.3, -0.25) is 24.0 Å². The number of esters is 1. The van der Waals surface area contributed by atoms with Gasteiger partial charge in [-0.1, -0.05) is 11.3 Å². The van der Waals surface area contributed by atoms with Gasteiger partial charge in [0.1, 0.15) is 6.10 Å². The number of halogens is 4. The molecule has 1 unspecified atom stereocenters. The number of carbonyl (C=O) groups is 1. The van der Waals surface area contributed by atoms with Crippen LogP contribution in [0.1, 0.15) is 24.3 Å². The summed E-state index contributed by atoms with van der Waals surface area (Å²) in [5.74, 6) is -0.0121. The molecule has 32 heavy (non-hydrogen) atoms. The number of carbonyl (C=O) groups excluding carboxylic acids is 1. The van der Waals surface area contributed by atoms with Crippen molar-refractivity contribution in [3.8, 4) is 0 Å². The van der Waals surface area contributed by atoms with Gasteiger partial charge in [0.05, 0.1) is 18.0 Å². The van der Waals surface area contributed by atoms with E-state index in [0.717, 1.165) is 11.3 Å². The Morgan fingerprint density at radius 1 is 1.09 bits per heavy atom. The van der Waals surface area contributed by atoms with Crippen LogP contribution >= 0.6 is 65.4 Å². The average Bonchev–Trinajstić information content (AvgIpc) is 3.24. The van der Waals surface area contributed by atoms with Crippen LogP contribution in [0, 0.1) is 10.1 Å². The molecule has 1 rings (SSSR count). The Morgan fingerprint density at radius 2 is 1.59 bits per heavy atom. The van der Waals surface area contributed by atoms with Crippen molar-refractivity contribution in [2.45, 2.75) is 19.4 Å². The molecule has 9 nitrogen and oxygen atoms in total. The van der Waals surface area contributed by atoms with Gasteiger partial charge in [0.25, 0.3) is 0 Å². The van der Waals surface area contributed by atoms with Gasteiger partial charge in [-0.25, -0.2) is 9.34 Å². The zero-order valence-electron chi connectivity index (χ0n) is 17.5. The van der Waals surface area contributed by atoms with Gasteiger partial charge >= 0.3 is 18.6 Å². The molecule has 0 N–H and O–H groups in total. The summed E-state index contributed by atoms with van der Waals surface area (Å²) >= 11 is 24.6. The summed E-state index contributed by atoms with van der Waals surface area (Å²) in [5.41, 5.74) is 0. The Bertz CT molecular complexity index is 742. The standard InChI is InChI=1S/C17H26Cl4N3O6PS/c1-2-29-17(25)13-14(15-3-4-16(32-15)24(26)27)30-31(28,22(9-5-18)10-6-19)23(11-7-20)12-8-21/h3-4,14H,2,5-13H2,1H3. The molecule has 184 valence electrons. The SMILES string of the molecule is CCOC(=O)CC(OP(=O)(N(CCCl)CCCl)N(CCCl)CCCl)c1ccc([N+](=O)[O-])s1. The molecule has 1 aromatic heterocycles. The number of nitrogens with zero attached hydrogens (tertiary/aromatic N) is 3. The number of hydrogen-bond donors (Lipinski definition) is 0. The second-order valence-corrected chi connectivity index (χ2v) is 11.1. The Labute approximate surface area is 211 Å². The van der Waals surface area contributed by atoms with E-state index in [2.05, 4.69) is 0 Å². The topological polar surface area (TPSA) is 102 Å². The van der Waals surface area contributed by atoms with E-state index in [4.69, 9.17) is 55.7 Å². The number of ether oxygens (including phenoxy) is 1. The lowest BCUT2D eigenvalue weighted by Crippen LogP contribution is -2.38. The van der Waals surface area contributed by atoms with Gasteiger partial charge < -0.3 is 4.74 Å². The molecule has 0 saturated heterocycles. The van der Waals surface area contributed by atoms with Gasteiger partial charge in [0, 0.05) is 60.6 Å². The first kappa shape index (κ1) is 29.9. The Morgan fingerprint density at radius 3 is 1.97 bits per heavy atom. The molecular weight excluding hydrogens is 547 g/mol. The monoisotopic (exact) mass is 571 g/mol. The summed E-state index contributed by atoms with van der Waals surface area (Å²) in [5, 5.41) is 11.0. The molecule has 0 aliphatic carbocycles. The predicted molar refractivity (Wildman–Crippen MR) is 130 cm³/mol. The molecule has 1 heterocycles. The molecule has 0 amide bonds. The minimum Gasteiger partial charge on any atom is -0.466 e. The van der Waals surface area contributed by atoms with Crippen molar-refractivity contribution < 1.29 is 23.5 Å². The maximum absolute atomic E-state index is 14.4. The van der Waals surface area contributed by atoms with E-state index in [1.165, 1.54) is 21.5 Å². The summed E-state index contributed by atoms with van der Waals surface area (Å²) in [4.78, 5) is 23.2. The second kappa shape index (κ2) is 15.7. The molecule has 0 aliphatic heterocycles. The highest BCUT2D eigenvalue weighted by molar-refractivity contribution is 7.54. The third kappa shape index (κ3) is 8.89. The van der Waals surface area contributed by atoms with Crippen molar-refractivity contribution in [1.82, 2.24) is 9.34 Å². The average molecular weight is 573 g/mol. The van der Waals surface area contributed by atoms with Crippen molar-refractivity contribution in [2.24, 2.45) is 0 Å². The van der Waals surface area contributed by atoms with Gasteiger partial charge in [0.15, 0.2) is 0 Å². The Balaban J connectivity index is 3.46. The lowest BCUT2D eigenvalue weighted by Gasteiger charge is -2.39.